The third kappa shape index (κ3) is 9.04. The maximum Gasteiger partial charge on any atom is 0.262 e. The molecule has 2 aromatic heterocycles. The molecule has 3 N–H and O–H groups in total. The van der Waals surface area contributed by atoms with Crippen LogP contribution in [-0.4, -0.2) is 125 Å². The molecule has 3 atom stereocenters. The Hall–Kier alpha value is -6.88. The van der Waals surface area contributed by atoms with Gasteiger partial charge in [0.25, 0.3) is 11.8 Å². The number of carbonyl (C=O) groups excluding carboxylic acids is 4. The first-order valence-electron chi connectivity index (χ1n) is 24.3. The molecule has 5 aliphatic rings. The molecular weight excluding hydrogens is 998 g/mol. The predicted octanol–water partition coefficient (Wildman–Crippen LogP) is 7.49. The fourth-order valence-corrected chi connectivity index (χ4v) is 12.7. The lowest BCUT2D eigenvalue weighted by Gasteiger charge is -2.38. The van der Waals surface area contributed by atoms with Crippen molar-refractivity contribution < 1.29 is 28.5 Å². The number of hydrogen-bond donors (Lipinski definition) is 3. The maximum absolute atomic E-state index is 13.7. The van der Waals surface area contributed by atoms with Gasteiger partial charge in [0, 0.05) is 105 Å². The molecule has 370 valence electrons. The fraction of sp³-hybridized carbons (Fsp3) is 0.340. The highest BCUT2D eigenvalue weighted by Gasteiger charge is 2.46. The van der Waals surface area contributed by atoms with E-state index < -0.39 is 36.8 Å². The highest BCUT2D eigenvalue weighted by Crippen LogP contribution is 2.45. The quantitative estimate of drug-likeness (QED) is 0.0809. The molecule has 4 fully saturated rings. The molecule has 6 aromatic rings. The predicted molar refractivity (Wildman–Crippen MR) is 282 cm³/mol. The van der Waals surface area contributed by atoms with E-state index in [1.807, 2.05) is 78.7 Å². The van der Waals surface area contributed by atoms with Crippen LogP contribution in [0.15, 0.2) is 102 Å². The number of hydrogen-bond acceptors (Lipinski definition) is 14. The van der Waals surface area contributed by atoms with Crippen LogP contribution in [0.4, 0.5) is 34.5 Å². The van der Waals surface area contributed by atoms with Gasteiger partial charge in [-0.3, -0.25) is 39.0 Å². The molecule has 17 nitrogen and oxygen atoms in total. The summed E-state index contributed by atoms with van der Waals surface area (Å²) in [6.45, 7) is 9.03. The summed E-state index contributed by atoms with van der Waals surface area (Å²) >= 11 is 3.64. The van der Waals surface area contributed by atoms with Crippen LogP contribution in [-0.2, 0) is 21.2 Å². The first kappa shape index (κ1) is 47.4. The number of carbonyl (C=O) groups is 4. The molecule has 11 rings (SSSR count). The van der Waals surface area contributed by atoms with Crippen molar-refractivity contribution >= 4 is 86.5 Å². The molecule has 0 spiro atoms. The number of benzene rings is 4. The summed E-state index contributed by atoms with van der Waals surface area (Å²) < 4.78 is 22.2. The Balaban J connectivity index is 0.764. The highest BCUT2D eigenvalue weighted by molar-refractivity contribution is 9.10. The van der Waals surface area contributed by atoms with Gasteiger partial charge in [0.1, 0.15) is 24.8 Å². The number of imide groups is 2. The zero-order valence-corrected chi connectivity index (χ0v) is 43.0. The van der Waals surface area contributed by atoms with E-state index in [9.17, 15) is 23.7 Å². The zero-order chi connectivity index (χ0) is 50.0. The van der Waals surface area contributed by atoms with Crippen molar-refractivity contribution in [3.05, 3.63) is 113 Å². The highest BCUT2D eigenvalue weighted by atomic mass is 79.9. The van der Waals surface area contributed by atoms with Crippen LogP contribution in [0, 0.1) is 11.8 Å². The fourth-order valence-electron chi connectivity index (χ4n) is 11.2. The number of nitrogens with one attached hydrogen (secondary N) is 3. The molecule has 0 aliphatic carbocycles. The Morgan fingerprint density at radius 2 is 1.51 bits per heavy atom. The number of fused-ring (bicyclic) bond motifs is 2. The summed E-state index contributed by atoms with van der Waals surface area (Å²) in [6, 6.07) is 25.0. The first-order chi connectivity index (χ1) is 34.7. The zero-order valence-electron chi connectivity index (χ0n) is 40.5. The number of methoxy groups -OCH3 is 1. The van der Waals surface area contributed by atoms with E-state index in [0.29, 0.717) is 62.4 Å². The lowest BCUT2D eigenvalue weighted by molar-refractivity contribution is -0.136. The summed E-state index contributed by atoms with van der Waals surface area (Å²) in [4.78, 5) is 69.1. The average molecular weight is 1050 g/mol. The number of aromatic nitrogens is 4. The van der Waals surface area contributed by atoms with Crippen LogP contribution in [0.1, 0.15) is 46.4 Å². The second kappa shape index (κ2) is 18.9. The number of ether oxygens (including phenoxy) is 1. The smallest absolute Gasteiger partial charge is 0.262 e. The third-order valence-corrected chi connectivity index (χ3v) is 17.0. The molecule has 4 aromatic carbocycles. The summed E-state index contributed by atoms with van der Waals surface area (Å²) in [5.74, 6) is 0.510. The molecule has 5 aliphatic heterocycles. The second-order valence-corrected chi connectivity index (χ2v) is 23.9. The van der Waals surface area contributed by atoms with Gasteiger partial charge in [-0.05, 0) is 108 Å². The monoisotopic (exact) mass is 1050 g/mol. The van der Waals surface area contributed by atoms with Gasteiger partial charge in [-0.1, -0.05) is 36.4 Å². The summed E-state index contributed by atoms with van der Waals surface area (Å²) in [5, 5.41) is 14.4. The third-order valence-electron chi connectivity index (χ3n) is 14.9. The van der Waals surface area contributed by atoms with Crippen molar-refractivity contribution in [2.75, 3.05) is 80.1 Å². The van der Waals surface area contributed by atoms with Gasteiger partial charge in [-0.25, -0.2) is 4.98 Å². The van der Waals surface area contributed by atoms with Crippen molar-refractivity contribution in [2.45, 2.75) is 37.8 Å². The molecule has 19 heteroatoms. The van der Waals surface area contributed by atoms with E-state index in [1.54, 1.807) is 38.8 Å². The van der Waals surface area contributed by atoms with Gasteiger partial charge in [0.2, 0.25) is 17.8 Å². The standard InChI is InChI=1S/C53H55BrN11O6P/c1-61-26-33(24-56-61)39-22-43(58-53-55-25-41(54)49(60-53)57-42-13-10-32(20-47(42)72(3,4)70)31-8-6-5-7-9-31)46(71-2)23-45(39)64-29-34-27-63(28-35(34)30-64)36-16-18-62(19-17-36)37-11-12-38-40(21-37)52(69)65(51(38)68)44-14-15-48(66)59-50(44)67/h5-13,20-26,34-36,44H,14-19,27-30H2,1-4H3,(H,59,66,67)(H2,55,57,58,60). The summed E-state index contributed by atoms with van der Waals surface area (Å²) in [7, 11) is 0.868. The topological polar surface area (TPSA) is 187 Å². The molecule has 3 unspecified atom stereocenters. The molecular formula is C53H55BrN11O6P. The molecule has 72 heavy (non-hydrogen) atoms. The van der Waals surface area contributed by atoms with Gasteiger partial charge in [0.15, 0.2) is 0 Å². The lowest BCUT2D eigenvalue weighted by atomic mass is 10.0. The largest absolute Gasteiger partial charge is 0.494 e. The molecule has 0 radical (unpaired) electrons. The van der Waals surface area contributed by atoms with Gasteiger partial charge < -0.3 is 29.7 Å². The van der Waals surface area contributed by atoms with E-state index in [1.165, 1.54) is 0 Å². The molecule has 0 saturated carbocycles. The number of nitrogens with zero attached hydrogens (tertiary/aromatic N) is 8. The molecule has 0 bridgehead atoms. The second-order valence-electron chi connectivity index (χ2n) is 19.8. The molecule has 4 amide bonds. The molecule has 7 heterocycles. The summed E-state index contributed by atoms with van der Waals surface area (Å²) in [6.07, 6.45) is 7.77. The first-order valence-corrected chi connectivity index (χ1v) is 27.7. The van der Waals surface area contributed by atoms with Crippen LogP contribution >= 0.6 is 23.1 Å². The maximum atomic E-state index is 13.7. The number of halogens is 1. The van der Waals surface area contributed by atoms with Crippen LogP contribution in [0.2, 0.25) is 0 Å². The number of rotatable bonds is 12. The van der Waals surface area contributed by atoms with E-state index in [0.717, 1.165) is 95.9 Å². The van der Waals surface area contributed by atoms with Crippen molar-refractivity contribution in [2.24, 2.45) is 18.9 Å². The van der Waals surface area contributed by atoms with Crippen LogP contribution in [0.3, 0.4) is 0 Å². The normalized spacial score (nSPS) is 20.5. The van der Waals surface area contributed by atoms with E-state index in [2.05, 4.69) is 68.8 Å². The number of likely N-dealkylation sites (tertiary alicyclic amines) is 1. The Bertz CT molecular complexity index is 3200. The average Bonchev–Trinajstić information content (AvgIpc) is 4.15. The van der Waals surface area contributed by atoms with Crippen LogP contribution in [0.5, 0.6) is 5.75 Å². The van der Waals surface area contributed by atoms with E-state index in [-0.39, 0.29) is 12.8 Å². The summed E-state index contributed by atoms with van der Waals surface area (Å²) in [5.41, 5.74) is 7.97. The van der Waals surface area contributed by atoms with Gasteiger partial charge in [0.05, 0.1) is 40.3 Å². The number of piperidine rings is 2. The minimum absolute atomic E-state index is 0.0846. The lowest BCUT2D eigenvalue weighted by Crippen LogP contribution is -2.54. The van der Waals surface area contributed by atoms with Crippen molar-refractivity contribution in [1.82, 2.24) is 34.9 Å². The minimum atomic E-state index is -2.72. The Labute approximate surface area is 425 Å². The van der Waals surface area contributed by atoms with Crippen LogP contribution in [0.25, 0.3) is 22.3 Å². The number of amides is 4. The van der Waals surface area contributed by atoms with E-state index >= 15 is 0 Å². The van der Waals surface area contributed by atoms with Crippen molar-refractivity contribution in [1.29, 1.82) is 0 Å². The number of aryl methyl sites for hydroxylation is 1. The van der Waals surface area contributed by atoms with Gasteiger partial charge in [-0.15, -0.1) is 0 Å². The van der Waals surface area contributed by atoms with Crippen molar-refractivity contribution in [3.8, 4) is 28.0 Å². The Morgan fingerprint density at radius 3 is 2.21 bits per heavy atom. The van der Waals surface area contributed by atoms with E-state index in [4.69, 9.17) is 9.72 Å². The molecule has 4 saturated heterocycles. The van der Waals surface area contributed by atoms with Crippen molar-refractivity contribution in [3.63, 3.8) is 0 Å². The SMILES string of the molecule is COc1cc(N2CC3CN(C4CCN(c5ccc6c(c5)C(=O)N(C5CCC(=O)NC5=O)C6=O)CC4)CC3C2)c(-c2cnn(C)c2)cc1Nc1ncc(Br)c(Nc2ccc(-c3ccccc3)cc2P(C)(C)=O)n1. The number of anilines is 6. The van der Waals surface area contributed by atoms with Crippen LogP contribution < -0.4 is 35.8 Å². The van der Waals surface area contributed by atoms with Gasteiger partial charge >= 0.3 is 0 Å². The minimum Gasteiger partial charge on any atom is -0.494 e. The Morgan fingerprint density at radius 1 is 0.764 bits per heavy atom. The van der Waals surface area contributed by atoms with Gasteiger partial charge in [-0.2, -0.15) is 10.1 Å². The Kier molecular flexibility index (Phi) is 12.5.